The lowest BCUT2D eigenvalue weighted by atomic mass is 9.82. The monoisotopic (exact) mass is 403 g/mol. The molecule has 1 aliphatic heterocycles. The van der Waals surface area contributed by atoms with Crippen LogP contribution in [0, 0.1) is 6.92 Å². The first kappa shape index (κ1) is 20.6. The van der Waals surface area contributed by atoms with Crippen molar-refractivity contribution >= 4 is 23.8 Å². The largest absolute Gasteiger partial charge is 0.493 e. The molecule has 2 aliphatic rings. The molecule has 0 unspecified atom stereocenters. The summed E-state index contributed by atoms with van der Waals surface area (Å²) in [5.74, 6) is -1.16. The number of carbonyl (C=O) groups excluding carboxylic acids is 4. The molecule has 2 fully saturated rings. The number of hydrazine groups is 1. The number of nitrogens with zero attached hydrogens (tertiary/aromatic N) is 1. The molecule has 9 nitrogen and oxygen atoms in total. The fourth-order valence-corrected chi connectivity index (χ4v) is 3.55. The third kappa shape index (κ3) is 4.85. The van der Waals surface area contributed by atoms with Gasteiger partial charge in [0.05, 0.1) is 13.0 Å². The molecule has 3 rings (SSSR count). The summed E-state index contributed by atoms with van der Waals surface area (Å²) in [5.41, 5.74) is 2.24. The van der Waals surface area contributed by atoms with Crippen molar-refractivity contribution in [1.29, 1.82) is 0 Å². The Kier molecular flexibility index (Phi) is 6.36. The molecule has 4 amide bonds. The van der Waals surface area contributed by atoms with Crippen LogP contribution < -0.4 is 15.5 Å². The van der Waals surface area contributed by atoms with Gasteiger partial charge in [0.2, 0.25) is 0 Å². The Hall–Kier alpha value is -3.10. The van der Waals surface area contributed by atoms with Crippen molar-refractivity contribution in [3.8, 4) is 5.75 Å². The van der Waals surface area contributed by atoms with Crippen LogP contribution in [0.3, 0.4) is 0 Å². The summed E-state index contributed by atoms with van der Waals surface area (Å²) in [6, 6.07) is 6.74. The Balaban J connectivity index is 1.40. The minimum absolute atomic E-state index is 0.0339. The van der Waals surface area contributed by atoms with Crippen molar-refractivity contribution in [2.24, 2.45) is 0 Å². The van der Waals surface area contributed by atoms with Gasteiger partial charge in [0.25, 0.3) is 11.8 Å². The van der Waals surface area contributed by atoms with Gasteiger partial charge < -0.3 is 14.8 Å². The first-order valence-corrected chi connectivity index (χ1v) is 9.71. The maximum atomic E-state index is 12.6. The summed E-state index contributed by atoms with van der Waals surface area (Å²) in [5, 5.41) is 3.37. The SMILES string of the molecule is Cc1ccccc1OCCC(=O)OCC(=O)NN1C(=O)NC2(CCCCC2)C1=O. The van der Waals surface area contributed by atoms with E-state index in [0.29, 0.717) is 23.6 Å². The second-order valence-electron chi connectivity index (χ2n) is 7.27. The number of ether oxygens (including phenoxy) is 2. The quantitative estimate of drug-likeness (QED) is 0.528. The van der Waals surface area contributed by atoms with E-state index in [1.165, 1.54) is 0 Å². The van der Waals surface area contributed by atoms with Gasteiger partial charge in [-0.3, -0.25) is 19.8 Å². The summed E-state index contributed by atoms with van der Waals surface area (Å²) in [7, 11) is 0. The molecule has 156 valence electrons. The molecule has 0 bridgehead atoms. The maximum Gasteiger partial charge on any atom is 0.344 e. The van der Waals surface area contributed by atoms with Crippen molar-refractivity contribution in [3.05, 3.63) is 29.8 Å². The van der Waals surface area contributed by atoms with E-state index in [9.17, 15) is 19.2 Å². The fraction of sp³-hybridized carbons (Fsp3) is 0.500. The molecule has 1 aliphatic carbocycles. The number of nitrogens with one attached hydrogen (secondary N) is 2. The zero-order valence-electron chi connectivity index (χ0n) is 16.4. The second-order valence-corrected chi connectivity index (χ2v) is 7.27. The van der Waals surface area contributed by atoms with Gasteiger partial charge in [-0.2, -0.15) is 5.01 Å². The number of para-hydroxylation sites is 1. The summed E-state index contributed by atoms with van der Waals surface area (Å²) < 4.78 is 10.4. The van der Waals surface area contributed by atoms with E-state index in [1.54, 1.807) is 6.07 Å². The highest BCUT2D eigenvalue weighted by Gasteiger charge is 2.52. The van der Waals surface area contributed by atoms with Gasteiger partial charge in [-0.25, -0.2) is 4.79 Å². The molecule has 0 radical (unpaired) electrons. The van der Waals surface area contributed by atoms with Gasteiger partial charge in [-0.05, 0) is 31.4 Å². The minimum atomic E-state index is -0.924. The lowest BCUT2D eigenvalue weighted by molar-refractivity contribution is -0.151. The van der Waals surface area contributed by atoms with Crippen LogP contribution in [0.5, 0.6) is 5.75 Å². The Bertz CT molecular complexity index is 803. The number of benzene rings is 1. The summed E-state index contributed by atoms with van der Waals surface area (Å²) in [4.78, 5) is 48.5. The summed E-state index contributed by atoms with van der Waals surface area (Å²) in [6.45, 7) is 1.42. The first-order chi connectivity index (χ1) is 13.9. The number of esters is 1. The average molecular weight is 403 g/mol. The lowest BCUT2D eigenvalue weighted by Gasteiger charge is -2.30. The highest BCUT2D eigenvalue weighted by Crippen LogP contribution is 2.32. The van der Waals surface area contributed by atoms with Crippen molar-refractivity contribution in [2.75, 3.05) is 13.2 Å². The van der Waals surface area contributed by atoms with Gasteiger partial charge in [-0.1, -0.05) is 37.5 Å². The third-order valence-corrected chi connectivity index (χ3v) is 5.13. The molecular formula is C20H25N3O6. The molecule has 29 heavy (non-hydrogen) atoms. The Labute approximate surface area is 168 Å². The normalized spacial score (nSPS) is 17.8. The van der Waals surface area contributed by atoms with Crippen LogP contribution in [0.25, 0.3) is 0 Å². The van der Waals surface area contributed by atoms with Crippen LogP contribution in [-0.4, -0.2) is 47.6 Å². The molecule has 1 heterocycles. The number of aryl methyl sites for hydroxylation is 1. The Morgan fingerprint density at radius 2 is 1.90 bits per heavy atom. The van der Waals surface area contributed by atoms with Crippen LogP contribution in [-0.2, 0) is 19.1 Å². The predicted octanol–water partition coefficient (Wildman–Crippen LogP) is 1.59. The number of imide groups is 1. The van der Waals surface area contributed by atoms with Gasteiger partial charge in [0, 0.05) is 0 Å². The van der Waals surface area contributed by atoms with E-state index < -0.39 is 36.0 Å². The average Bonchev–Trinajstić information content (AvgIpc) is 2.92. The second kappa shape index (κ2) is 8.93. The van der Waals surface area contributed by atoms with Gasteiger partial charge in [-0.15, -0.1) is 0 Å². The van der Waals surface area contributed by atoms with Crippen LogP contribution in [0.2, 0.25) is 0 Å². The number of urea groups is 1. The van der Waals surface area contributed by atoms with Crippen LogP contribution in [0.15, 0.2) is 24.3 Å². The van der Waals surface area contributed by atoms with E-state index in [2.05, 4.69) is 10.7 Å². The molecule has 0 aromatic heterocycles. The number of hydrogen-bond donors (Lipinski definition) is 2. The van der Waals surface area contributed by atoms with Crippen LogP contribution in [0.1, 0.15) is 44.1 Å². The zero-order chi connectivity index (χ0) is 20.9. The standard InChI is InChI=1S/C20H25N3O6/c1-14-7-3-4-8-15(14)28-12-9-17(25)29-13-16(24)22-23-18(26)20(21-19(23)27)10-5-2-6-11-20/h3-4,7-8H,2,5-6,9-13H2,1H3,(H,21,27)(H,22,24). The van der Waals surface area contributed by atoms with Crippen molar-refractivity contribution in [1.82, 2.24) is 15.8 Å². The first-order valence-electron chi connectivity index (χ1n) is 9.71. The maximum absolute atomic E-state index is 12.6. The van der Waals surface area contributed by atoms with Crippen molar-refractivity contribution < 1.29 is 28.7 Å². The van der Waals surface area contributed by atoms with E-state index >= 15 is 0 Å². The molecule has 1 aromatic carbocycles. The van der Waals surface area contributed by atoms with E-state index in [-0.39, 0.29) is 13.0 Å². The predicted molar refractivity (Wildman–Crippen MR) is 102 cm³/mol. The smallest absolute Gasteiger partial charge is 0.344 e. The third-order valence-electron chi connectivity index (χ3n) is 5.13. The summed E-state index contributed by atoms with van der Waals surface area (Å²) >= 11 is 0. The topological polar surface area (TPSA) is 114 Å². The fourth-order valence-electron chi connectivity index (χ4n) is 3.55. The molecule has 1 aromatic rings. The van der Waals surface area contributed by atoms with Gasteiger partial charge in [0.1, 0.15) is 11.3 Å². The summed E-state index contributed by atoms with van der Waals surface area (Å²) in [6.07, 6.45) is 3.78. The van der Waals surface area contributed by atoms with Crippen molar-refractivity contribution in [2.45, 2.75) is 51.0 Å². The highest BCUT2D eigenvalue weighted by atomic mass is 16.5. The highest BCUT2D eigenvalue weighted by molar-refractivity contribution is 6.08. The van der Waals surface area contributed by atoms with E-state index in [4.69, 9.17) is 9.47 Å². The number of carbonyl (C=O) groups is 4. The molecule has 2 N–H and O–H groups in total. The molecule has 0 atom stereocenters. The van der Waals surface area contributed by atoms with E-state index in [0.717, 1.165) is 24.8 Å². The number of rotatable bonds is 7. The Morgan fingerprint density at radius 3 is 2.62 bits per heavy atom. The zero-order valence-corrected chi connectivity index (χ0v) is 16.4. The lowest BCUT2D eigenvalue weighted by Crippen LogP contribution is -2.51. The van der Waals surface area contributed by atoms with Gasteiger partial charge >= 0.3 is 12.0 Å². The number of hydrogen-bond acceptors (Lipinski definition) is 6. The minimum Gasteiger partial charge on any atom is -0.493 e. The van der Waals surface area contributed by atoms with E-state index in [1.807, 2.05) is 25.1 Å². The molecule has 1 saturated carbocycles. The number of amides is 4. The van der Waals surface area contributed by atoms with Crippen molar-refractivity contribution in [3.63, 3.8) is 0 Å². The molecule has 1 spiro atoms. The van der Waals surface area contributed by atoms with Gasteiger partial charge in [0.15, 0.2) is 6.61 Å². The van der Waals surface area contributed by atoms with Crippen LogP contribution in [0.4, 0.5) is 4.79 Å². The molecule has 9 heteroatoms. The molecule has 1 saturated heterocycles. The molecular weight excluding hydrogens is 378 g/mol. The van der Waals surface area contributed by atoms with Crippen LogP contribution >= 0.6 is 0 Å². The Morgan fingerprint density at radius 1 is 1.17 bits per heavy atom.